The molecule has 1 saturated heterocycles. The molecule has 4 N–H and O–H groups in total. The van der Waals surface area contributed by atoms with Crippen molar-refractivity contribution in [3.63, 3.8) is 0 Å². The summed E-state index contributed by atoms with van der Waals surface area (Å²) in [7, 11) is 0. The fourth-order valence-electron chi connectivity index (χ4n) is 2.26. The Morgan fingerprint density at radius 1 is 1.45 bits per heavy atom. The molecule has 0 atom stereocenters. The Balaban J connectivity index is 1.97. The maximum absolute atomic E-state index is 12.2. The van der Waals surface area contributed by atoms with Crippen molar-refractivity contribution in [3.8, 4) is 0 Å². The highest BCUT2D eigenvalue weighted by atomic mass is 16.5. The predicted molar refractivity (Wildman–Crippen MR) is 77.3 cm³/mol. The molecule has 0 unspecified atom stereocenters. The van der Waals surface area contributed by atoms with Gasteiger partial charge in [-0.05, 0) is 37.3 Å². The third kappa shape index (κ3) is 3.91. The van der Waals surface area contributed by atoms with Crippen molar-refractivity contribution in [1.82, 2.24) is 10.3 Å². The van der Waals surface area contributed by atoms with Crippen LogP contribution in [0.15, 0.2) is 12.1 Å². The summed E-state index contributed by atoms with van der Waals surface area (Å²) < 4.78 is 5.31. The largest absolute Gasteiger partial charge is 0.381 e. The van der Waals surface area contributed by atoms with Gasteiger partial charge in [-0.15, -0.1) is 0 Å². The van der Waals surface area contributed by atoms with Crippen LogP contribution in [-0.4, -0.2) is 30.6 Å². The Morgan fingerprint density at radius 3 is 2.85 bits per heavy atom. The molecule has 0 bridgehead atoms. The lowest BCUT2D eigenvalue weighted by Crippen LogP contribution is -2.32. The van der Waals surface area contributed by atoms with Crippen molar-refractivity contribution in [1.29, 1.82) is 0 Å². The van der Waals surface area contributed by atoms with Gasteiger partial charge in [0.1, 0.15) is 5.82 Å². The van der Waals surface area contributed by atoms with E-state index >= 15 is 0 Å². The second kappa shape index (κ2) is 7.21. The van der Waals surface area contributed by atoms with Crippen LogP contribution in [0.2, 0.25) is 0 Å². The molecule has 1 aromatic rings. The molecule has 2 rings (SSSR count). The van der Waals surface area contributed by atoms with Crippen molar-refractivity contribution >= 4 is 11.7 Å². The number of rotatable bonds is 5. The van der Waals surface area contributed by atoms with Crippen LogP contribution >= 0.6 is 0 Å². The van der Waals surface area contributed by atoms with E-state index in [0.29, 0.717) is 23.8 Å². The summed E-state index contributed by atoms with van der Waals surface area (Å²) >= 11 is 0. The summed E-state index contributed by atoms with van der Waals surface area (Å²) in [5.74, 6) is 6.32. The van der Waals surface area contributed by atoms with Crippen molar-refractivity contribution in [2.24, 2.45) is 11.8 Å². The number of hydrogen-bond acceptors (Lipinski definition) is 5. The van der Waals surface area contributed by atoms with E-state index in [1.54, 1.807) is 12.1 Å². The molecule has 0 aromatic carbocycles. The van der Waals surface area contributed by atoms with E-state index in [1.807, 2.05) is 6.92 Å². The fourth-order valence-corrected chi connectivity index (χ4v) is 2.26. The summed E-state index contributed by atoms with van der Waals surface area (Å²) in [5, 5.41) is 2.98. The molecule has 1 fully saturated rings. The van der Waals surface area contributed by atoms with E-state index in [9.17, 15) is 4.79 Å². The third-order valence-electron chi connectivity index (χ3n) is 3.54. The second-order valence-corrected chi connectivity index (χ2v) is 5.00. The molecule has 6 heteroatoms. The number of ether oxygens (including phenoxy) is 1. The van der Waals surface area contributed by atoms with Crippen molar-refractivity contribution in [2.45, 2.75) is 26.2 Å². The van der Waals surface area contributed by atoms with Gasteiger partial charge in [0, 0.05) is 31.0 Å². The van der Waals surface area contributed by atoms with E-state index in [-0.39, 0.29) is 5.91 Å². The maximum atomic E-state index is 12.2. The van der Waals surface area contributed by atoms with Gasteiger partial charge in [0.2, 0.25) is 0 Å². The van der Waals surface area contributed by atoms with Crippen LogP contribution in [0, 0.1) is 5.92 Å². The van der Waals surface area contributed by atoms with Gasteiger partial charge in [-0.25, -0.2) is 10.8 Å². The van der Waals surface area contributed by atoms with Crippen LogP contribution in [0.3, 0.4) is 0 Å². The second-order valence-electron chi connectivity index (χ2n) is 5.00. The van der Waals surface area contributed by atoms with E-state index in [1.165, 1.54) is 0 Å². The highest BCUT2D eigenvalue weighted by Crippen LogP contribution is 2.14. The predicted octanol–water partition coefficient (Wildman–Crippen LogP) is 1.09. The molecule has 0 saturated carbocycles. The number of hydrazine groups is 1. The number of nitrogens with one attached hydrogen (secondary N) is 2. The topological polar surface area (TPSA) is 89.3 Å². The number of carbonyl (C=O) groups excluding carboxylic acids is 1. The lowest BCUT2D eigenvalue weighted by molar-refractivity contribution is 0.0642. The molecule has 1 aliphatic rings. The minimum atomic E-state index is -0.0786. The number of nitrogens with zero attached hydrogens (tertiary/aromatic N) is 1. The van der Waals surface area contributed by atoms with Crippen molar-refractivity contribution < 1.29 is 9.53 Å². The van der Waals surface area contributed by atoms with E-state index in [4.69, 9.17) is 10.6 Å². The summed E-state index contributed by atoms with van der Waals surface area (Å²) in [6, 6.07) is 3.47. The zero-order valence-electron chi connectivity index (χ0n) is 11.8. The summed E-state index contributed by atoms with van der Waals surface area (Å²) in [6.45, 7) is 4.26. The van der Waals surface area contributed by atoms with E-state index in [0.717, 1.165) is 38.2 Å². The first-order chi connectivity index (χ1) is 9.72. The molecule has 110 valence electrons. The van der Waals surface area contributed by atoms with Crippen LogP contribution in [0.5, 0.6) is 0 Å². The number of nitrogens with two attached hydrogens (primary N) is 1. The van der Waals surface area contributed by atoms with Gasteiger partial charge in [0.15, 0.2) is 0 Å². The number of hydrogen-bond donors (Lipinski definition) is 3. The minimum Gasteiger partial charge on any atom is -0.381 e. The third-order valence-corrected chi connectivity index (χ3v) is 3.54. The Bertz CT molecular complexity index is 436. The lowest BCUT2D eigenvalue weighted by Gasteiger charge is -2.22. The van der Waals surface area contributed by atoms with Crippen LogP contribution in [0.4, 0.5) is 5.82 Å². The molecule has 1 aliphatic heterocycles. The number of amides is 1. The average Bonchev–Trinajstić information content (AvgIpc) is 2.52. The van der Waals surface area contributed by atoms with Gasteiger partial charge >= 0.3 is 0 Å². The number of aryl methyl sites for hydroxylation is 1. The number of anilines is 1. The SMILES string of the molecule is CCc1cc(C(=O)NCC2CCOCC2)cc(NN)n1. The summed E-state index contributed by atoms with van der Waals surface area (Å²) in [6.07, 6.45) is 2.77. The fraction of sp³-hybridized carbons (Fsp3) is 0.571. The standard InChI is InChI=1S/C14H22N4O2/c1-2-12-7-11(8-13(17-12)18-15)14(19)16-9-10-3-5-20-6-4-10/h7-8,10H,2-6,9,15H2,1H3,(H,16,19)(H,17,18). The highest BCUT2D eigenvalue weighted by molar-refractivity contribution is 5.95. The summed E-state index contributed by atoms with van der Waals surface area (Å²) in [4.78, 5) is 16.5. The molecule has 20 heavy (non-hydrogen) atoms. The van der Waals surface area contributed by atoms with Crippen molar-refractivity contribution in [2.75, 3.05) is 25.2 Å². The van der Waals surface area contributed by atoms with Gasteiger partial charge in [-0.1, -0.05) is 6.92 Å². The van der Waals surface area contributed by atoms with Crippen LogP contribution in [0.25, 0.3) is 0 Å². The zero-order chi connectivity index (χ0) is 14.4. The molecule has 0 aliphatic carbocycles. The van der Waals surface area contributed by atoms with Crippen LogP contribution in [-0.2, 0) is 11.2 Å². The van der Waals surface area contributed by atoms with Gasteiger partial charge in [-0.3, -0.25) is 4.79 Å². The zero-order valence-corrected chi connectivity index (χ0v) is 11.8. The van der Waals surface area contributed by atoms with E-state index < -0.39 is 0 Å². The summed E-state index contributed by atoms with van der Waals surface area (Å²) in [5.41, 5.74) is 3.93. The van der Waals surface area contributed by atoms with Crippen LogP contribution in [0.1, 0.15) is 35.8 Å². The molecule has 1 amide bonds. The molecule has 2 heterocycles. The molecule has 1 aromatic heterocycles. The first kappa shape index (κ1) is 14.7. The normalized spacial score (nSPS) is 15.9. The van der Waals surface area contributed by atoms with Gasteiger partial charge in [0.25, 0.3) is 5.91 Å². The van der Waals surface area contributed by atoms with Crippen molar-refractivity contribution in [3.05, 3.63) is 23.4 Å². The van der Waals surface area contributed by atoms with Crippen LogP contribution < -0.4 is 16.6 Å². The smallest absolute Gasteiger partial charge is 0.251 e. The quantitative estimate of drug-likeness (QED) is 0.554. The average molecular weight is 278 g/mol. The Hall–Kier alpha value is -1.66. The van der Waals surface area contributed by atoms with E-state index in [2.05, 4.69) is 15.7 Å². The molecule has 6 nitrogen and oxygen atoms in total. The highest BCUT2D eigenvalue weighted by Gasteiger charge is 2.16. The molecular weight excluding hydrogens is 256 g/mol. The Labute approximate surface area is 119 Å². The maximum Gasteiger partial charge on any atom is 0.251 e. The molecule has 0 radical (unpaired) electrons. The van der Waals surface area contributed by atoms with Gasteiger partial charge < -0.3 is 15.5 Å². The monoisotopic (exact) mass is 278 g/mol. The molecule has 0 spiro atoms. The van der Waals surface area contributed by atoms with Gasteiger partial charge in [-0.2, -0.15) is 0 Å². The van der Waals surface area contributed by atoms with Gasteiger partial charge in [0.05, 0.1) is 0 Å². The lowest BCUT2D eigenvalue weighted by atomic mass is 10.0. The Kier molecular flexibility index (Phi) is 5.31. The molecular formula is C14H22N4O2. The first-order valence-electron chi connectivity index (χ1n) is 7.06. The Morgan fingerprint density at radius 2 is 2.20 bits per heavy atom. The number of aromatic nitrogens is 1. The number of pyridine rings is 1. The first-order valence-corrected chi connectivity index (χ1v) is 7.06. The minimum absolute atomic E-state index is 0.0786. The number of carbonyl (C=O) groups is 1. The number of nitrogen functional groups attached to an aromatic ring is 1.